The van der Waals surface area contributed by atoms with E-state index in [9.17, 15) is 5.11 Å². The first kappa shape index (κ1) is 20.7. The van der Waals surface area contributed by atoms with Crippen molar-refractivity contribution in [2.75, 3.05) is 31.6 Å². The molecule has 2 aliphatic heterocycles. The summed E-state index contributed by atoms with van der Waals surface area (Å²) in [5.74, 6) is 1.02. The van der Waals surface area contributed by atoms with Gasteiger partial charge in [0.05, 0.1) is 29.1 Å². The van der Waals surface area contributed by atoms with E-state index in [1.807, 2.05) is 35.9 Å². The van der Waals surface area contributed by atoms with Crippen molar-refractivity contribution in [2.45, 2.75) is 12.6 Å². The van der Waals surface area contributed by atoms with Gasteiger partial charge in [0.15, 0.2) is 5.82 Å². The Bertz CT molecular complexity index is 1400. The van der Waals surface area contributed by atoms with Crippen LogP contribution < -0.4 is 10.2 Å². The summed E-state index contributed by atoms with van der Waals surface area (Å²) in [7, 11) is 1.93. The topological polar surface area (TPSA) is 94.9 Å². The van der Waals surface area contributed by atoms with Crippen molar-refractivity contribution in [1.29, 1.82) is 5.26 Å². The lowest BCUT2D eigenvalue weighted by Crippen LogP contribution is -2.28. The Morgan fingerprint density at radius 2 is 1.97 bits per heavy atom. The Morgan fingerprint density at radius 3 is 2.76 bits per heavy atom. The Kier molecular flexibility index (Phi) is 4.94. The second-order valence-electron chi connectivity index (χ2n) is 9.06. The lowest BCUT2D eigenvalue weighted by Gasteiger charge is -2.20. The molecule has 4 heterocycles. The number of hydrogen-bond donors (Lipinski definition) is 2. The molecule has 8 heteroatoms. The quantitative estimate of drug-likeness (QED) is 0.436. The Balaban J connectivity index is 1.38. The number of aromatic nitrogens is 4. The van der Waals surface area contributed by atoms with Crippen LogP contribution in [0, 0.1) is 17.2 Å². The van der Waals surface area contributed by atoms with Crippen molar-refractivity contribution in [1.82, 2.24) is 24.6 Å². The maximum atomic E-state index is 10.5. The third-order valence-corrected chi connectivity index (χ3v) is 6.92. The molecule has 0 aliphatic carbocycles. The molecule has 0 amide bonds. The van der Waals surface area contributed by atoms with E-state index >= 15 is 0 Å². The molecule has 1 unspecified atom stereocenters. The molecule has 4 aromatic rings. The van der Waals surface area contributed by atoms with Gasteiger partial charge in [0, 0.05) is 49.5 Å². The van der Waals surface area contributed by atoms with Crippen molar-refractivity contribution in [3.8, 4) is 34.4 Å². The number of nitrogens with zero attached hydrogens (tertiary/aromatic N) is 6. The molecule has 2 N–H and O–H groups in total. The minimum atomic E-state index is -0.332. The fourth-order valence-corrected chi connectivity index (χ4v) is 5.15. The molecule has 2 aromatic carbocycles. The van der Waals surface area contributed by atoms with E-state index in [0.717, 1.165) is 47.1 Å². The van der Waals surface area contributed by atoms with Crippen LogP contribution in [0.5, 0.6) is 0 Å². The Morgan fingerprint density at radius 1 is 1.12 bits per heavy atom. The van der Waals surface area contributed by atoms with Gasteiger partial charge in [-0.15, -0.1) is 10.2 Å². The molecule has 0 radical (unpaired) electrons. The highest BCUT2D eigenvalue weighted by atomic mass is 16.3. The number of hydrogen-bond acceptors (Lipinski definition) is 6. The third kappa shape index (κ3) is 3.37. The van der Waals surface area contributed by atoms with E-state index in [4.69, 9.17) is 5.26 Å². The summed E-state index contributed by atoms with van der Waals surface area (Å²) in [6.45, 7) is 2.98. The largest absolute Gasteiger partial charge is 0.391 e. The van der Waals surface area contributed by atoms with Crippen molar-refractivity contribution in [3.63, 3.8) is 0 Å². The highest BCUT2D eigenvalue weighted by molar-refractivity contribution is 5.72. The molecule has 0 bridgehead atoms. The van der Waals surface area contributed by atoms with Crippen LogP contribution in [0.25, 0.3) is 28.3 Å². The van der Waals surface area contributed by atoms with Crippen LogP contribution in [0.15, 0.2) is 61.1 Å². The molecule has 170 valence electrons. The predicted molar refractivity (Wildman–Crippen MR) is 130 cm³/mol. The van der Waals surface area contributed by atoms with Gasteiger partial charge >= 0.3 is 0 Å². The molecule has 2 atom stereocenters. The first-order valence-electron chi connectivity index (χ1n) is 11.5. The van der Waals surface area contributed by atoms with Crippen molar-refractivity contribution < 1.29 is 5.11 Å². The van der Waals surface area contributed by atoms with Gasteiger partial charge in [0.25, 0.3) is 0 Å². The maximum Gasteiger partial charge on any atom is 0.185 e. The normalized spacial score (nSPS) is 18.7. The van der Waals surface area contributed by atoms with Crippen LogP contribution in [-0.4, -0.2) is 57.2 Å². The smallest absolute Gasteiger partial charge is 0.185 e. The van der Waals surface area contributed by atoms with E-state index in [1.54, 1.807) is 6.33 Å². The van der Waals surface area contributed by atoms with Gasteiger partial charge in [-0.25, -0.2) is 0 Å². The van der Waals surface area contributed by atoms with Gasteiger partial charge in [0.1, 0.15) is 6.33 Å². The first-order chi connectivity index (χ1) is 16.6. The predicted octanol–water partition coefficient (Wildman–Crippen LogP) is 2.65. The van der Waals surface area contributed by atoms with Crippen LogP contribution in [-0.2, 0) is 6.54 Å². The molecule has 0 saturated carbocycles. The monoisotopic (exact) mass is 451 g/mol. The zero-order chi connectivity index (χ0) is 23.2. The summed E-state index contributed by atoms with van der Waals surface area (Å²) in [6.07, 6.45) is 3.57. The fourth-order valence-electron chi connectivity index (χ4n) is 5.15. The number of aliphatic hydroxyl groups is 1. The summed E-state index contributed by atoms with van der Waals surface area (Å²) >= 11 is 0. The standard InChI is InChI=1S/C26H25N7O/c1-28-11-21-14-31(15-25(21)34)22-6-7-23-20(8-22)13-32-12-19(18-4-2-17(10-27)3-5-18)9-24(32)26-30-29-16-33(23)26/h2-9,12,16,21,25,28,34H,11,13-15H2,1H3/t21?,25-/m1/s1. The van der Waals surface area contributed by atoms with E-state index in [0.29, 0.717) is 18.7 Å². The highest BCUT2D eigenvalue weighted by Gasteiger charge is 2.31. The molecule has 0 spiro atoms. The molecule has 34 heavy (non-hydrogen) atoms. The summed E-state index contributed by atoms with van der Waals surface area (Å²) in [4.78, 5) is 2.27. The number of aliphatic hydroxyl groups excluding tert-OH is 1. The zero-order valence-corrected chi connectivity index (χ0v) is 18.9. The molecule has 8 nitrogen and oxygen atoms in total. The van der Waals surface area contributed by atoms with Gasteiger partial charge in [0.2, 0.25) is 0 Å². The number of anilines is 1. The first-order valence-corrected chi connectivity index (χ1v) is 11.5. The summed E-state index contributed by atoms with van der Waals surface area (Å²) in [5, 5.41) is 31.4. The second-order valence-corrected chi connectivity index (χ2v) is 9.06. The van der Waals surface area contributed by atoms with Crippen LogP contribution in [0.2, 0.25) is 0 Å². The molecule has 2 aliphatic rings. The summed E-state index contributed by atoms with van der Waals surface area (Å²) in [6, 6.07) is 18.4. The summed E-state index contributed by atoms with van der Waals surface area (Å²) < 4.78 is 4.26. The van der Waals surface area contributed by atoms with Gasteiger partial charge in [-0.05, 0) is 54.6 Å². The Labute approximate surface area is 197 Å². The van der Waals surface area contributed by atoms with Crippen LogP contribution in [0.1, 0.15) is 11.1 Å². The van der Waals surface area contributed by atoms with Gasteiger partial charge in [-0.3, -0.25) is 4.57 Å². The van der Waals surface area contributed by atoms with Gasteiger partial charge in [-0.2, -0.15) is 5.26 Å². The minimum absolute atomic E-state index is 0.222. The number of nitriles is 1. The molecule has 6 rings (SSSR count). The van der Waals surface area contributed by atoms with Crippen molar-refractivity contribution in [3.05, 3.63) is 72.2 Å². The number of β-amino-alcohol motifs (C(OH)–C–C–N with tert-alkyl or cyclic N) is 1. The van der Waals surface area contributed by atoms with Crippen LogP contribution in [0.3, 0.4) is 0 Å². The second kappa shape index (κ2) is 8.13. The van der Waals surface area contributed by atoms with Crippen molar-refractivity contribution >= 4 is 5.69 Å². The van der Waals surface area contributed by atoms with Gasteiger partial charge < -0.3 is 19.9 Å². The molecular formula is C26H25N7O. The van der Waals surface area contributed by atoms with Crippen LogP contribution in [0.4, 0.5) is 5.69 Å². The molecule has 1 saturated heterocycles. The molecular weight excluding hydrogens is 426 g/mol. The average molecular weight is 452 g/mol. The lowest BCUT2D eigenvalue weighted by molar-refractivity contribution is 0.148. The summed E-state index contributed by atoms with van der Waals surface area (Å²) in [5.41, 5.74) is 7.14. The SMILES string of the molecule is CNCC1CN(c2ccc3c(c2)Cn2cc(-c4ccc(C#N)cc4)cc2-c2nncn2-3)C[C@H]1O. The van der Waals surface area contributed by atoms with E-state index in [2.05, 4.69) is 61.5 Å². The molecule has 1 fully saturated rings. The van der Waals surface area contributed by atoms with Crippen LogP contribution >= 0.6 is 0 Å². The Hall–Kier alpha value is -3.93. The lowest BCUT2D eigenvalue weighted by atomic mass is 10.1. The highest BCUT2D eigenvalue weighted by Crippen LogP contribution is 2.35. The fraction of sp³-hybridized carbons (Fsp3) is 0.269. The van der Waals surface area contributed by atoms with Crippen molar-refractivity contribution in [2.24, 2.45) is 5.92 Å². The van der Waals surface area contributed by atoms with Gasteiger partial charge in [-0.1, -0.05) is 12.1 Å². The third-order valence-electron chi connectivity index (χ3n) is 6.92. The zero-order valence-electron chi connectivity index (χ0n) is 18.9. The number of benzene rings is 2. The van der Waals surface area contributed by atoms with E-state index < -0.39 is 0 Å². The van der Waals surface area contributed by atoms with E-state index in [1.165, 1.54) is 5.56 Å². The maximum absolute atomic E-state index is 10.5. The average Bonchev–Trinajstić information content (AvgIpc) is 3.57. The minimum Gasteiger partial charge on any atom is -0.391 e. The number of fused-ring (bicyclic) bond motifs is 5. The van der Waals surface area contributed by atoms with E-state index in [-0.39, 0.29) is 12.0 Å². The number of nitrogens with one attached hydrogen (secondary N) is 1. The molecule has 2 aromatic heterocycles. The number of rotatable bonds is 4.